The van der Waals surface area contributed by atoms with Crippen LogP contribution in [0.15, 0.2) is 30.3 Å². The summed E-state index contributed by atoms with van der Waals surface area (Å²) in [6.07, 6.45) is 5.70. The summed E-state index contributed by atoms with van der Waals surface area (Å²) in [6, 6.07) is 9.86. The Hall–Kier alpha value is -2.14. The van der Waals surface area contributed by atoms with Crippen LogP contribution in [0.2, 0.25) is 0 Å². The minimum atomic E-state index is -0.351. The number of para-hydroxylation sites is 1. The molecule has 1 amide bonds. The Labute approximate surface area is 141 Å². The van der Waals surface area contributed by atoms with E-state index in [1.54, 1.807) is 0 Å². The second kappa shape index (κ2) is 6.40. The highest BCUT2D eigenvalue weighted by Crippen LogP contribution is 2.26. The van der Waals surface area contributed by atoms with Gasteiger partial charge in [0.15, 0.2) is 0 Å². The van der Waals surface area contributed by atoms with Gasteiger partial charge in [0, 0.05) is 11.4 Å². The molecule has 4 rings (SSSR count). The molecule has 0 bridgehead atoms. The van der Waals surface area contributed by atoms with Gasteiger partial charge in [-0.1, -0.05) is 31.0 Å². The second-order valence-electron chi connectivity index (χ2n) is 6.92. The van der Waals surface area contributed by atoms with Crippen molar-refractivity contribution in [2.45, 2.75) is 56.7 Å². The maximum atomic E-state index is 12.6. The number of carbonyl (C=O) groups excluding carboxylic acids is 1. The standard InChI is InChI=1S/C19H23N3O2/c23-17-8-4-3-7-16(17)22-18-11-14(19(24)20-12-9-10-12)13-5-1-2-6-15(13)21-18/h1-2,5-6,11-12,16-17,23H,3-4,7-10H2,(H,20,24)(H,21,22)/t16-,17-/m0/s1. The fourth-order valence-corrected chi connectivity index (χ4v) is 3.40. The van der Waals surface area contributed by atoms with E-state index in [0.29, 0.717) is 17.4 Å². The van der Waals surface area contributed by atoms with E-state index < -0.39 is 0 Å². The topological polar surface area (TPSA) is 74.2 Å². The third kappa shape index (κ3) is 3.22. The highest BCUT2D eigenvalue weighted by molar-refractivity contribution is 6.07. The Morgan fingerprint density at radius 3 is 2.71 bits per heavy atom. The number of anilines is 1. The molecule has 5 nitrogen and oxygen atoms in total. The van der Waals surface area contributed by atoms with Crippen LogP contribution in [-0.4, -0.2) is 34.2 Å². The van der Waals surface area contributed by atoms with Gasteiger partial charge in [-0.05, 0) is 37.8 Å². The van der Waals surface area contributed by atoms with Crippen LogP contribution in [-0.2, 0) is 0 Å². The van der Waals surface area contributed by atoms with E-state index in [4.69, 9.17) is 0 Å². The van der Waals surface area contributed by atoms with Crippen molar-refractivity contribution in [2.75, 3.05) is 5.32 Å². The number of aliphatic hydroxyl groups excluding tert-OH is 1. The molecule has 2 aliphatic carbocycles. The minimum absolute atomic E-state index is 0.00626. The summed E-state index contributed by atoms with van der Waals surface area (Å²) in [6.45, 7) is 0. The lowest BCUT2D eigenvalue weighted by Gasteiger charge is -2.29. The van der Waals surface area contributed by atoms with Crippen LogP contribution >= 0.6 is 0 Å². The van der Waals surface area contributed by atoms with Gasteiger partial charge < -0.3 is 15.7 Å². The van der Waals surface area contributed by atoms with E-state index in [2.05, 4.69) is 15.6 Å². The first-order chi connectivity index (χ1) is 11.7. The van der Waals surface area contributed by atoms with Gasteiger partial charge in [-0.15, -0.1) is 0 Å². The average Bonchev–Trinajstić information content (AvgIpc) is 3.40. The first-order valence-corrected chi connectivity index (χ1v) is 8.86. The first-order valence-electron chi connectivity index (χ1n) is 8.86. The van der Waals surface area contributed by atoms with Crippen LogP contribution in [0.3, 0.4) is 0 Å². The van der Waals surface area contributed by atoms with Crippen molar-refractivity contribution in [1.29, 1.82) is 0 Å². The largest absolute Gasteiger partial charge is 0.391 e. The zero-order chi connectivity index (χ0) is 16.5. The molecule has 3 N–H and O–H groups in total. The maximum Gasteiger partial charge on any atom is 0.252 e. The van der Waals surface area contributed by atoms with Crippen molar-refractivity contribution in [1.82, 2.24) is 10.3 Å². The van der Waals surface area contributed by atoms with Crippen molar-refractivity contribution in [3.63, 3.8) is 0 Å². The zero-order valence-electron chi connectivity index (χ0n) is 13.7. The molecule has 1 aromatic carbocycles. The number of fused-ring (bicyclic) bond motifs is 1. The molecular weight excluding hydrogens is 302 g/mol. The Morgan fingerprint density at radius 1 is 1.12 bits per heavy atom. The summed E-state index contributed by atoms with van der Waals surface area (Å²) in [4.78, 5) is 17.2. The van der Waals surface area contributed by atoms with Gasteiger partial charge in [0.25, 0.3) is 5.91 Å². The number of nitrogens with one attached hydrogen (secondary N) is 2. The van der Waals surface area contributed by atoms with Crippen molar-refractivity contribution in [3.8, 4) is 0 Å². The summed E-state index contributed by atoms with van der Waals surface area (Å²) in [5.74, 6) is 0.629. The fourth-order valence-electron chi connectivity index (χ4n) is 3.40. The number of nitrogens with zero attached hydrogens (tertiary/aromatic N) is 1. The predicted molar refractivity (Wildman–Crippen MR) is 94.1 cm³/mol. The first kappa shape index (κ1) is 15.4. The van der Waals surface area contributed by atoms with Gasteiger partial charge in [-0.3, -0.25) is 4.79 Å². The van der Waals surface area contributed by atoms with Gasteiger partial charge in [0.1, 0.15) is 5.82 Å². The number of rotatable bonds is 4. The number of hydrogen-bond acceptors (Lipinski definition) is 4. The molecule has 2 saturated carbocycles. The number of carbonyl (C=O) groups is 1. The quantitative estimate of drug-likeness (QED) is 0.808. The molecule has 1 aromatic heterocycles. The van der Waals surface area contributed by atoms with Crippen molar-refractivity contribution in [3.05, 3.63) is 35.9 Å². The normalized spacial score (nSPS) is 23.9. The van der Waals surface area contributed by atoms with Gasteiger partial charge in [0.05, 0.1) is 23.2 Å². The van der Waals surface area contributed by atoms with Crippen LogP contribution in [0, 0.1) is 0 Å². The third-order valence-electron chi connectivity index (χ3n) is 4.94. The SMILES string of the molecule is O=C(NC1CC1)c1cc(N[C@H]2CCCC[C@@H]2O)nc2ccccc12. The molecule has 2 fully saturated rings. The van der Waals surface area contributed by atoms with Crippen molar-refractivity contribution in [2.24, 2.45) is 0 Å². The number of amides is 1. The molecule has 126 valence electrons. The molecule has 2 atom stereocenters. The van der Waals surface area contributed by atoms with Crippen LogP contribution in [0.25, 0.3) is 10.9 Å². The molecule has 0 spiro atoms. The fraction of sp³-hybridized carbons (Fsp3) is 0.474. The number of benzene rings is 1. The molecule has 0 unspecified atom stereocenters. The van der Waals surface area contributed by atoms with Crippen LogP contribution in [0.4, 0.5) is 5.82 Å². The summed E-state index contributed by atoms with van der Waals surface area (Å²) in [5.41, 5.74) is 1.45. The van der Waals surface area contributed by atoms with Crippen molar-refractivity contribution >= 4 is 22.6 Å². The predicted octanol–water partition coefficient (Wildman–Crippen LogP) is 2.84. The van der Waals surface area contributed by atoms with E-state index in [9.17, 15) is 9.90 Å². The molecule has 0 saturated heterocycles. The number of hydrogen-bond donors (Lipinski definition) is 3. The molecule has 2 aromatic rings. The summed E-state index contributed by atoms with van der Waals surface area (Å²) < 4.78 is 0. The van der Waals surface area contributed by atoms with E-state index in [-0.39, 0.29) is 18.1 Å². The molecule has 24 heavy (non-hydrogen) atoms. The molecule has 5 heteroatoms. The Balaban J connectivity index is 1.66. The molecule has 2 aliphatic rings. The molecule has 0 aliphatic heterocycles. The van der Waals surface area contributed by atoms with Crippen LogP contribution in [0.1, 0.15) is 48.9 Å². The maximum absolute atomic E-state index is 12.6. The number of aromatic nitrogens is 1. The monoisotopic (exact) mass is 325 g/mol. The van der Waals surface area contributed by atoms with Crippen LogP contribution in [0.5, 0.6) is 0 Å². The van der Waals surface area contributed by atoms with Crippen LogP contribution < -0.4 is 10.6 Å². The second-order valence-corrected chi connectivity index (χ2v) is 6.92. The summed E-state index contributed by atoms with van der Waals surface area (Å²) in [7, 11) is 0. The van der Waals surface area contributed by atoms with Gasteiger partial charge in [0.2, 0.25) is 0 Å². The van der Waals surface area contributed by atoms with Gasteiger partial charge in [-0.2, -0.15) is 0 Å². The zero-order valence-corrected chi connectivity index (χ0v) is 13.7. The summed E-state index contributed by atoms with van der Waals surface area (Å²) in [5, 5.41) is 17.4. The lowest BCUT2D eigenvalue weighted by atomic mass is 9.92. The Morgan fingerprint density at radius 2 is 1.92 bits per heavy atom. The Bertz CT molecular complexity index is 757. The molecular formula is C19H23N3O2. The lowest BCUT2D eigenvalue weighted by Crippen LogP contribution is -2.36. The number of pyridine rings is 1. The highest BCUT2D eigenvalue weighted by atomic mass is 16.3. The minimum Gasteiger partial charge on any atom is -0.391 e. The number of aliphatic hydroxyl groups is 1. The van der Waals surface area contributed by atoms with E-state index >= 15 is 0 Å². The average molecular weight is 325 g/mol. The smallest absolute Gasteiger partial charge is 0.252 e. The van der Waals surface area contributed by atoms with E-state index in [0.717, 1.165) is 49.4 Å². The van der Waals surface area contributed by atoms with Crippen molar-refractivity contribution < 1.29 is 9.90 Å². The van der Waals surface area contributed by atoms with E-state index in [1.165, 1.54) is 0 Å². The van der Waals surface area contributed by atoms with Gasteiger partial charge >= 0.3 is 0 Å². The molecule has 1 heterocycles. The lowest BCUT2D eigenvalue weighted by molar-refractivity contribution is 0.0952. The molecule has 0 radical (unpaired) electrons. The highest BCUT2D eigenvalue weighted by Gasteiger charge is 2.26. The van der Waals surface area contributed by atoms with E-state index in [1.807, 2.05) is 30.3 Å². The van der Waals surface area contributed by atoms with Gasteiger partial charge in [-0.25, -0.2) is 4.98 Å². The third-order valence-corrected chi connectivity index (χ3v) is 4.94. The Kier molecular flexibility index (Phi) is 4.10. The summed E-state index contributed by atoms with van der Waals surface area (Å²) >= 11 is 0.